The summed E-state index contributed by atoms with van der Waals surface area (Å²) in [6, 6.07) is 8.14. The van der Waals surface area contributed by atoms with Gasteiger partial charge in [-0.1, -0.05) is 32.0 Å². The van der Waals surface area contributed by atoms with Crippen molar-refractivity contribution in [1.29, 1.82) is 0 Å². The number of rotatable bonds is 8. The van der Waals surface area contributed by atoms with E-state index >= 15 is 0 Å². The number of nitrogens with one attached hydrogen (secondary N) is 1. The number of amides is 1. The van der Waals surface area contributed by atoms with E-state index in [2.05, 4.69) is 45.9 Å². The summed E-state index contributed by atoms with van der Waals surface area (Å²) >= 11 is 0. The maximum atomic E-state index is 12.4. The van der Waals surface area contributed by atoms with Crippen molar-refractivity contribution >= 4 is 22.5 Å². The van der Waals surface area contributed by atoms with Crippen LogP contribution in [0.25, 0.3) is 10.9 Å². The standard InChI is InChI=1S/C20H27N5O/c1-4-24(5-2)10-11-25-15-17(13-21-25)22-20(26)12-16-14-23(3)19-9-7-6-8-18(16)19/h6-9,13-15H,4-5,10-12H2,1-3H3,(H,22,26). The third-order valence-electron chi connectivity index (χ3n) is 4.79. The molecule has 6 heteroatoms. The first-order chi connectivity index (χ1) is 12.6. The van der Waals surface area contributed by atoms with Gasteiger partial charge in [-0.25, -0.2) is 0 Å². The van der Waals surface area contributed by atoms with Crippen LogP contribution in [0.2, 0.25) is 0 Å². The lowest BCUT2D eigenvalue weighted by molar-refractivity contribution is -0.115. The van der Waals surface area contributed by atoms with Gasteiger partial charge in [0.2, 0.25) is 5.91 Å². The average Bonchev–Trinajstić information content (AvgIpc) is 3.21. The number of aryl methyl sites for hydroxylation is 1. The molecule has 0 aliphatic carbocycles. The number of benzene rings is 1. The fraction of sp³-hybridized carbons (Fsp3) is 0.400. The fourth-order valence-corrected chi connectivity index (χ4v) is 3.28. The van der Waals surface area contributed by atoms with Gasteiger partial charge < -0.3 is 14.8 Å². The highest BCUT2D eigenvalue weighted by Crippen LogP contribution is 2.21. The van der Waals surface area contributed by atoms with Crippen molar-refractivity contribution in [3.8, 4) is 0 Å². The predicted octanol–water partition coefficient (Wildman–Crippen LogP) is 2.90. The average molecular weight is 353 g/mol. The first-order valence-electron chi connectivity index (χ1n) is 9.18. The minimum atomic E-state index is -0.0235. The Labute approximate surface area is 154 Å². The first-order valence-corrected chi connectivity index (χ1v) is 9.18. The number of carbonyl (C=O) groups is 1. The predicted molar refractivity (Wildman–Crippen MR) is 105 cm³/mol. The third-order valence-corrected chi connectivity index (χ3v) is 4.79. The molecule has 2 aromatic heterocycles. The molecule has 3 rings (SSSR count). The maximum Gasteiger partial charge on any atom is 0.228 e. The summed E-state index contributed by atoms with van der Waals surface area (Å²) in [5.74, 6) is -0.0235. The second-order valence-corrected chi connectivity index (χ2v) is 6.53. The zero-order chi connectivity index (χ0) is 18.5. The van der Waals surface area contributed by atoms with Crippen LogP contribution in [0.3, 0.4) is 0 Å². The van der Waals surface area contributed by atoms with E-state index < -0.39 is 0 Å². The van der Waals surface area contributed by atoms with Crippen molar-refractivity contribution in [3.63, 3.8) is 0 Å². The molecule has 0 bridgehead atoms. The molecule has 0 unspecified atom stereocenters. The van der Waals surface area contributed by atoms with Crippen molar-refractivity contribution < 1.29 is 4.79 Å². The number of hydrogen-bond donors (Lipinski definition) is 1. The molecule has 1 N–H and O–H groups in total. The van der Waals surface area contributed by atoms with Gasteiger partial charge in [0.15, 0.2) is 0 Å². The van der Waals surface area contributed by atoms with Crippen LogP contribution < -0.4 is 5.32 Å². The molecule has 26 heavy (non-hydrogen) atoms. The van der Waals surface area contributed by atoms with Crippen molar-refractivity contribution in [3.05, 3.63) is 48.4 Å². The number of aromatic nitrogens is 3. The van der Waals surface area contributed by atoms with Crippen LogP contribution in [0.15, 0.2) is 42.9 Å². The number of likely N-dealkylation sites (N-methyl/N-ethyl adjacent to an activating group) is 1. The number of para-hydroxylation sites is 1. The molecule has 3 aromatic rings. The minimum absolute atomic E-state index is 0.0235. The van der Waals surface area contributed by atoms with Gasteiger partial charge in [0, 0.05) is 36.9 Å². The van der Waals surface area contributed by atoms with Crippen LogP contribution in [-0.4, -0.2) is 44.8 Å². The number of carbonyl (C=O) groups excluding carboxylic acids is 1. The van der Waals surface area contributed by atoms with Crippen molar-refractivity contribution in [2.75, 3.05) is 25.0 Å². The molecule has 0 saturated heterocycles. The Morgan fingerprint density at radius 3 is 2.73 bits per heavy atom. The van der Waals surface area contributed by atoms with E-state index in [1.807, 2.05) is 36.3 Å². The molecule has 138 valence electrons. The molecular weight excluding hydrogens is 326 g/mol. The van der Waals surface area contributed by atoms with Crippen LogP contribution in [0.1, 0.15) is 19.4 Å². The van der Waals surface area contributed by atoms with Crippen molar-refractivity contribution in [2.24, 2.45) is 7.05 Å². The van der Waals surface area contributed by atoms with Crippen molar-refractivity contribution in [1.82, 2.24) is 19.2 Å². The number of fused-ring (bicyclic) bond motifs is 1. The fourth-order valence-electron chi connectivity index (χ4n) is 3.28. The molecule has 0 saturated carbocycles. The summed E-state index contributed by atoms with van der Waals surface area (Å²) in [5, 5.41) is 8.42. The van der Waals surface area contributed by atoms with Gasteiger partial charge in [-0.3, -0.25) is 9.48 Å². The lowest BCUT2D eigenvalue weighted by Crippen LogP contribution is -2.27. The SMILES string of the molecule is CCN(CC)CCn1cc(NC(=O)Cc2cn(C)c3ccccc23)cn1. The molecule has 0 aliphatic heterocycles. The molecule has 0 spiro atoms. The number of hydrogen-bond acceptors (Lipinski definition) is 3. The second kappa shape index (κ2) is 8.19. The highest BCUT2D eigenvalue weighted by atomic mass is 16.1. The van der Waals surface area contributed by atoms with Gasteiger partial charge in [-0.2, -0.15) is 5.10 Å². The molecule has 1 amide bonds. The van der Waals surface area contributed by atoms with Crippen molar-refractivity contribution in [2.45, 2.75) is 26.8 Å². The van der Waals surface area contributed by atoms with Gasteiger partial charge in [-0.15, -0.1) is 0 Å². The van der Waals surface area contributed by atoms with Gasteiger partial charge in [-0.05, 0) is 24.7 Å². The number of nitrogens with zero attached hydrogens (tertiary/aromatic N) is 4. The Morgan fingerprint density at radius 1 is 1.19 bits per heavy atom. The molecule has 0 fully saturated rings. The molecule has 1 aromatic carbocycles. The molecule has 0 radical (unpaired) electrons. The van der Waals surface area contributed by atoms with E-state index in [0.29, 0.717) is 6.42 Å². The normalized spacial score (nSPS) is 11.4. The van der Waals surface area contributed by atoms with Crippen LogP contribution in [-0.2, 0) is 24.8 Å². The quantitative estimate of drug-likeness (QED) is 0.677. The summed E-state index contributed by atoms with van der Waals surface area (Å²) in [7, 11) is 2.00. The lowest BCUT2D eigenvalue weighted by atomic mass is 10.1. The Balaban J connectivity index is 1.60. The van der Waals surface area contributed by atoms with E-state index in [4.69, 9.17) is 0 Å². The van der Waals surface area contributed by atoms with E-state index in [1.54, 1.807) is 6.20 Å². The van der Waals surface area contributed by atoms with Gasteiger partial charge in [0.1, 0.15) is 0 Å². The molecule has 2 heterocycles. The van der Waals surface area contributed by atoms with Crippen LogP contribution in [0, 0.1) is 0 Å². The second-order valence-electron chi connectivity index (χ2n) is 6.53. The molecular formula is C20H27N5O. The summed E-state index contributed by atoms with van der Waals surface area (Å²) in [6.07, 6.45) is 5.98. The lowest BCUT2D eigenvalue weighted by Gasteiger charge is -2.17. The topological polar surface area (TPSA) is 55.1 Å². The highest BCUT2D eigenvalue weighted by molar-refractivity contribution is 5.95. The van der Waals surface area contributed by atoms with E-state index in [-0.39, 0.29) is 5.91 Å². The van der Waals surface area contributed by atoms with E-state index in [0.717, 1.165) is 48.3 Å². The smallest absolute Gasteiger partial charge is 0.228 e. The zero-order valence-corrected chi connectivity index (χ0v) is 15.8. The van der Waals surface area contributed by atoms with Gasteiger partial charge >= 0.3 is 0 Å². The van der Waals surface area contributed by atoms with E-state index in [1.165, 1.54) is 0 Å². The van der Waals surface area contributed by atoms with Crippen LogP contribution in [0.4, 0.5) is 5.69 Å². The maximum absolute atomic E-state index is 12.4. The zero-order valence-electron chi connectivity index (χ0n) is 15.8. The first kappa shape index (κ1) is 18.2. The summed E-state index contributed by atoms with van der Waals surface area (Å²) in [4.78, 5) is 14.8. The molecule has 6 nitrogen and oxygen atoms in total. The molecule has 0 aliphatic rings. The molecule has 0 atom stereocenters. The van der Waals surface area contributed by atoms with Gasteiger partial charge in [0.25, 0.3) is 0 Å². The Bertz CT molecular complexity index is 875. The highest BCUT2D eigenvalue weighted by Gasteiger charge is 2.11. The Hall–Kier alpha value is -2.60. The largest absolute Gasteiger partial charge is 0.350 e. The summed E-state index contributed by atoms with van der Waals surface area (Å²) in [5.41, 5.74) is 2.92. The summed E-state index contributed by atoms with van der Waals surface area (Å²) in [6.45, 7) is 8.16. The minimum Gasteiger partial charge on any atom is -0.350 e. The van der Waals surface area contributed by atoms with Crippen LogP contribution in [0.5, 0.6) is 0 Å². The third kappa shape index (κ3) is 4.14. The van der Waals surface area contributed by atoms with Crippen LogP contribution >= 0.6 is 0 Å². The monoisotopic (exact) mass is 353 g/mol. The van der Waals surface area contributed by atoms with E-state index in [9.17, 15) is 4.79 Å². The summed E-state index contributed by atoms with van der Waals surface area (Å²) < 4.78 is 3.94. The van der Waals surface area contributed by atoms with Gasteiger partial charge in [0.05, 0.1) is 24.8 Å². The number of anilines is 1. The Kier molecular flexibility index (Phi) is 5.73. The Morgan fingerprint density at radius 2 is 1.96 bits per heavy atom.